The Hall–Kier alpha value is -3.58. The van der Waals surface area contributed by atoms with Crippen LogP contribution in [0.2, 0.25) is 0 Å². The summed E-state index contributed by atoms with van der Waals surface area (Å²) < 4.78 is 10.7. The first kappa shape index (κ1) is 25.1. The van der Waals surface area contributed by atoms with Gasteiger partial charge in [0.1, 0.15) is 12.3 Å². The quantitative estimate of drug-likeness (QED) is 0.426. The summed E-state index contributed by atoms with van der Waals surface area (Å²) in [6.45, 7) is 3.50. The Morgan fingerprint density at radius 3 is 2.44 bits per heavy atom. The number of methoxy groups -OCH3 is 1. The van der Waals surface area contributed by atoms with Gasteiger partial charge in [-0.15, -0.1) is 0 Å². The molecule has 0 atom stereocenters. The molecule has 0 saturated carbocycles. The lowest BCUT2D eigenvalue weighted by molar-refractivity contribution is -0.132. The predicted octanol–water partition coefficient (Wildman–Crippen LogP) is 4.59. The average Bonchev–Trinajstić information content (AvgIpc) is 3.38. The van der Waals surface area contributed by atoms with E-state index in [1.54, 1.807) is 24.3 Å². The van der Waals surface area contributed by atoms with Crippen molar-refractivity contribution in [1.29, 1.82) is 0 Å². The van der Waals surface area contributed by atoms with E-state index in [2.05, 4.69) is 12.2 Å². The van der Waals surface area contributed by atoms with Crippen molar-refractivity contribution in [3.8, 4) is 0 Å². The van der Waals surface area contributed by atoms with Crippen molar-refractivity contribution in [1.82, 2.24) is 9.80 Å². The highest BCUT2D eigenvalue weighted by atomic mass is 16.5. The van der Waals surface area contributed by atoms with Gasteiger partial charge >= 0.3 is 6.03 Å². The molecule has 0 bridgehead atoms. The number of ether oxygens (including phenoxy) is 1. The molecule has 0 fully saturated rings. The Bertz CT molecular complexity index is 1020. The molecule has 0 aliphatic rings. The maximum Gasteiger partial charge on any atom is 0.322 e. The van der Waals surface area contributed by atoms with E-state index in [-0.39, 0.29) is 18.5 Å². The summed E-state index contributed by atoms with van der Waals surface area (Å²) in [6, 6.07) is 21.0. The number of nitrogens with one attached hydrogen (secondary N) is 1. The minimum atomic E-state index is -0.334. The van der Waals surface area contributed by atoms with Crippen LogP contribution in [0, 0.1) is 0 Å². The zero-order chi connectivity index (χ0) is 24.2. The molecule has 180 valence electrons. The first-order valence-corrected chi connectivity index (χ1v) is 11.6. The highest BCUT2D eigenvalue weighted by Crippen LogP contribution is 2.13. The van der Waals surface area contributed by atoms with E-state index in [0.717, 1.165) is 17.5 Å². The van der Waals surface area contributed by atoms with E-state index in [1.807, 2.05) is 60.7 Å². The van der Waals surface area contributed by atoms with E-state index in [9.17, 15) is 9.59 Å². The van der Waals surface area contributed by atoms with Gasteiger partial charge in [0, 0.05) is 25.9 Å². The molecule has 0 radical (unpaired) electrons. The molecule has 1 aromatic heterocycles. The van der Waals surface area contributed by atoms with Gasteiger partial charge in [0.25, 0.3) is 0 Å². The van der Waals surface area contributed by atoms with E-state index in [0.29, 0.717) is 44.1 Å². The van der Waals surface area contributed by atoms with Crippen LogP contribution in [0.3, 0.4) is 0 Å². The topological polar surface area (TPSA) is 75.0 Å². The molecule has 2 aromatic carbocycles. The molecule has 0 aliphatic carbocycles. The van der Waals surface area contributed by atoms with Crippen LogP contribution in [0.4, 0.5) is 10.5 Å². The average molecular weight is 464 g/mol. The zero-order valence-corrected chi connectivity index (χ0v) is 19.9. The summed E-state index contributed by atoms with van der Waals surface area (Å²) in [7, 11) is 1.58. The van der Waals surface area contributed by atoms with Crippen LogP contribution in [0.25, 0.3) is 0 Å². The largest absolute Gasteiger partial charge is 0.467 e. The Morgan fingerprint density at radius 2 is 1.74 bits per heavy atom. The number of rotatable bonds is 12. The van der Waals surface area contributed by atoms with Crippen molar-refractivity contribution in [2.24, 2.45) is 0 Å². The lowest BCUT2D eigenvalue weighted by atomic mass is 10.1. The van der Waals surface area contributed by atoms with Gasteiger partial charge in [-0.25, -0.2) is 4.79 Å². The van der Waals surface area contributed by atoms with Gasteiger partial charge in [-0.2, -0.15) is 0 Å². The fourth-order valence-corrected chi connectivity index (χ4v) is 3.58. The Balaban J connectivity index is 1.70. The normalized spacial score (nSPS) is 10.6. The number of carbonyl (C=O) groups excluding carboxylic acids is 2. The molecule has 0 aliphatic heterocycles. The molecule has 0 saturated heterocycles. The van der Waals surface area contributed by atoms with Gasteiger partial charge in [-0.1, -0.05) is 49.4 Å². The first-order chi connectivity index (χ1) is 16.6. The number of hydrogen-bond acceptors (Lipinski definition) is 4. The van der Waals surface area contributed by atoms with Crippen LogP contribution >= 0.6 is 0 Å². The second kappa shape index (κ2) is 13.2. The molecule has 7 heteroatoms. The van der Waals surface area contributed by atoms with Gasteiger partial charge in [0.15, 0.2) is 0 Å². The van der Waals surface area contributed by atoms with E-state index in [1.165, 1.54) is 4.90 Å². The summed E-state index contributed by atoms with van der Waals surface area (Å²) in [6.07, 6.45) is 3.18. The van der Waals surface area contributed by atoms with Crippen molar-refractivity contribution in [2.45, 2.75) is 26.3 Å². The van der Waals surface area contributed by atoms with E-state index < -0.39 is 0 Å². The van der Waals surface area contributed by atoms with Crippen LogP contribution in [0.5, 0.6) is 0 Å². The highest BCUT2D eigenvalue weighted by molar-refractivity contribution is 5.92. The third-order valence-electron chi connectivity index (χ3n) is 5.56. The Morgan fingerprint density at radius 1 is 0.941 bits per heavy atom. The summed E-state index contributed by atoms with van der Waals surface area (Å²) in [5.74, 6) is 0.548. The number of benzene rings is 2. The smallest absolute Gasteiger partial charge is 0.322 e. The van der Waals surface area contributed by atoms with Gasteiger partial charge in [0.2, 0.25) is 5.91 Å². The molecule has 0 spiro atoms. The van der Waals surface area contributed by atoms with E-state index in [4.69, 9.17) is 9.15 Å². The van der Waals surface area contributed by atoms with Crippen molar-refractivity contribution in [3.63, 3.8) is 0 Å². The van der Waals surface area contributed by atoms with Crippen molar-refractivity contribution < 1.29 is 18.7 Å². The van der Waals surface area contributed by atoms with Crippen LogP contribution in [0.15, 0.2) is 77.4 Å². The van der Waals surface area contributed by atoms with Gasteiger partial charge < -0.3 is 24.3 Å². The zero-order valence-electron chi connectivity index (χ0n) is 19.9. The third kappa shape index (κ3) is 7.78. The molecule has 1 N–H and O–H groups in total. The first-order valence-electron chi connectivity index (χ1n) is 11.6. The van der Waals surface area contributed by atoms with Crippen molar-refractivity contribution in [3.05, 3.63) is 89.9 Å². The van der Waals surface area contributed by atoms with Crippen LogP contribution in [-0.4, -0.2) is 55.1 Å². The van der Waals surface area contributed by atoms with Crippen LogP contribution < -0.4 is 5.32 Å². The molecular formula is C27H33N3O4. The second-order valence-electron chi connectivity index (χ2n) is 8.03. The number of urea groups is 1. The molecular weight excluding hydrogens is 430 g/mol. The van der Waals surface area contributed by atoms with Gasteiger partial charge in [-0.05, 0) is 48.2 Å². The number of amides is 3. The van der Waals surface area contributed by atoms with Crippen LogP contribution in [-0.2, 0) is 28.9 Å². The second-order valence-corrected chi connectivity index (χ2v) is 8.03. The highest BCUT2D eigenvalue weighted by Gasteiger charge is 2.22. The summed E-state index contributed by atoms with van der Waals surface area (Å²) in [4.78, 5) is 29.6. The van der Waals surface area contributed by atoms with Crippen LogP contribution in [0.1, 0.15) is 23.8 Å². The summed E-state index contributed by atoms with van der Waals surface area (Å²) in [5, 5.41) is 2.92. The number of aryl methyl sites for hydroxylation is 1. The SMILES string of the molecule is CCc1cccc(NC(=O)N(CCOC)CC(=O)N(CCc2ccccc2)Cc2ccco2)c1. The monoisotopic (exact) mass is 463 g/mol. The number of hydrogen-bond donors (Lipinski definition) is 1. The molecule has 3 amide bonds. The predicted molar refractivity (Wildman–Crippen MR) is 133 cm³/mol. The Kier molecular flexibility index (Phi) is 9.73. The standard InChI is InChI=1S/C27H33N3O4/c1-3-22-11-7-12-24(19-22)28-27(32)30(16-18-33-2)21-26(31)29(20-25-13-8-17-34-25)15-14-23-9-5-4-6-10-23/h4-13,17,19H,3,14-16,18,20-21H2,1-2H3,(H,28,32). The lowest BCUT2D eigenvalue weighted by Crippen LogP contribution is -2.46. The third-order valence-corrected chi connectivity index (χ3v) is 5.56. The van der Waals surface area contributed by atoms with E-state index >= 15 is 0 Å². The maximum atomic E-state index is 13.3. The summed E-state index contributed by atoms with van der Waals surface area (Å²) >= 11 is 0. The van der Waals surface area contributed by atoms with Crippen molar-refractivity contribution in [2.75, 3.05) is 38.7 Å². The molecule has 7 nitrogen and oxygen atoms in total. The van der Waals surface area contributed by atoms with Crippen molar-refractivity contribution >= 4 is 17.6 Å². The lowest BCUT2D eigenvalue weighted by Gasteiger charge is -2.27. The number of furan rings is 1. The maximum absolute atomic E-state index is 13.3. The minimum absolute atomic E-state index is 0.0574. The molecule has 3 rings (SSSR count). The molecule has 1 heterocycles. The fraction of sp³-hybridized carbons (Fsp3) is 0.333. The number of anilines is 1. The summed E-state index contributed by atoms with van der Waals surface area (Å²) in [5.41, 5.74) is 2.98. The Labute approximate surface area is 201 Å². The number of carbonyl (C=O) groups is 2. The van der Waals surface area contributed by atoms with Gasteiger partial charge in [0.05, 0.1) is 19.4 Å². The fourth-order valence-electron chi connectivity index (χ4n) is 3.58. The minimum Gasteiger partial charge on any atom is -0.467 e. The molecule has 0 unspecified atom stereocenters. The van der Waals surface area contributed by atoms with Gasteiger partial charge in [-0.3, -0.25) is 4.79 Å². The molecule has 3 aromatic rings. The number of nitrogens with zero attached hydrogens (tertiary/aromatic N) is 2. The molecule has 34 heavy (non-hydrogen) atoms.